The topological polar surface area (TPSA) is 47.9 Å². The van der Waals surface area contributed by atoms with E-state index in [1.165, 1.54) is 25.7 Å². The number of rotatable bonds is 14. The van der Waals surface area contributed by atoms with Crippen LogP contribution in [0.15, 0.2) is 0 Å². The Bertz CT molecular complexity index is 203. The summed E-state index contributed by atoms with van der Waals surface area (Å²) in [5.41, 5.74) is 0. The third kappa shape index (κ3) is 8.20. The summed E-state index contributed by atoms with van der Waals surface area (Å²) in [5, 5.41) is 10.5. The molecule has 1 atom stereocenters. The van der Waals surface area contributed by atoms with Crippen LogP contribution < -0.4 is 0 Å². The Balaban J connectivity index is 4.22. The average molecular weight is 290 g/mol. The fraction of sp³-hybridized carbons (Fsp3) is 1.00. The van der Waals surface area contributed by atoms with Gasteiger partial charge >= 0.3 is 5.97 Å². The van der Waals surface area contributed by atoms with Crippen LogP contribution in [0.1, 0.15) is 72.6 Å². The minimum absolute atomic E-state index is 0.399. The lowest BCUT2D eigenvalue weighted by molar-refractivity contribution is -0.398. The lowest BCUT2D eigenvalue weighted by atomic mass is 10.1. The van der Waals surface area contributed by atoms with Gasteiger partial charge in [0.05, 0.1) is 0 Å². The number of hydrogen-bond donors (Lipinski definition) is 1. The van der Waals surface area contributed by atoms with E-state index in [0.29, 0.717) is 19.8 Å². The summed E-state index contributed by atoms with van der Waals surface area (Å²) < 4.78 is 16.4. The van der Waals surface area contributed by atoms with Crippen LogP contribution in [0.4, 0.5) is 0 Å². The van der Waals surface area contributed by atoms with Crippen LogP contribution in [0.25, 0.3) is 0 Å². The van der Waals surface area contributed by atoms with Gasteiger partial charge in [0.2, 0.25) is 0 Å². The van der Waals surface area contributed by atoms with Crippen LogP contribution in [0.5, 0.6) is 0 Å². The monoisotopic (exact) mass is 290 g/mol. The maximum absolute atomic E-state index is 10.5. The SMILES string of the molecule is CCCCCCCCC(OCC)C(O)(OCC)OCC. The van der Waals surface area contributed by atoms with Crippen LogP contribution in [-0.4, -0.2) is 37.0 Å². The Morgan fingerprint density at radius 2 is 1.35 bits per heavy atom. The summed E-state index contributed by atoms with van der Waals surface area (Å²) in [5.74, 6) is -1.61. The third-order valence-electron chi connectivity index (χ3n) is 3.30. The summed E-state index contributed by atoms with van der Waals surface area (Å²) in [7, 11) is 0. The Labute approximate surface area is 124 Å². The fourth-order valence-corrected chi connectivity index (χ4v) is 2.32. The molecule has 1 N–H and O–H groups in total. The van der Waals surface area contributed by atoms with Gasteiger partial charge in [-0.15, -0.1) is 0 Å². The van der Waals surface area contributed by atoms with Crippen molar-refractivity contribution in [2.45, 2.75) is 84.7 Å². The van der Waals surface area contributed by atoms with E-state index >= 15 is 0 Å². The molecular formula is C16H34O4. The fourth-order valence-electron chi connectivity index (χ4n) is 2.32. The molecule has 0 spiro atoms. The van der Waals surface area contributed by atoms with Gasteiger partial charge in [0, 0.05) is 19.8 Å². The number of unbranched alkanes of at least 4 members (excludes halogenated alkanes) is 5. The molecule has 4 nitrogen and oxygen atoms in total. The molecule has 20 heavy (non-hydrogen) atoms. The normalized spacial score (nSPS) is 13.7. The van der Waals surface area contributed by atoms with Gasteiger partial charge in [-0.05, 0) is 27.2 Å². The Kier molecular flexibility index (Phi) is 12.5. The molecule has 0 bridgehead atoms. The quantitative estimate of drug-likeness (QED) is 0.390. The van der Waals surface area contributed by atoms with E-state index in [0.717, 1.165) is 19.3 Å². The average Bonchev–Trinajstić information content (AvgIpc) is 2.42. The Hall–Kier alpha value is -0.160. The molecule has 122 valence electrons. The molecule has 0 aliphatic carbocycles. The lowest BCUT2D eigenvalue weighted by Gasteiger charge is -2.34. The summed E-state index contributed by atoms with van der Waals surface area (Å²) in [6.07, 6.45) is 7.63. The summed E-state index contributed by atoms with van der Waals surface area (Å²) in [6.45, 7) is 9.17. The smallest absolute Gasteiger partial charge is 0.308 e. The molecule has 0 aliphatic heterocycles. The second kappa shape index (κ2) is 12.6. The highest BCUT2D eigenvalue weighted by Crippen LogP contribution is 2.23. The van der Waals surface area contributed by atoms with E-state index in [4.69, 9.17) is 14.2 Å². The van der Waals surface area contributed by atoms with Crippen molar-refractivity contribution < 1.29 is 19.3 Å². The molecule has 0 saturated carbocycles. The van der Waals surface area contributed by atoms with Crippen molar-refractivity contribution in [3.63, 3.8) is 0 Å². The minimum Gasteiger partial charge on any atom is -0.370 e. The highest BCUT2D eigenvalue weighted by molar-refractivity contribution is 4.70. The molecule has 1 unspecified atom stereocenters. The molecule has 0 heterocycles. The Morgan fingerprint density at radius 1 is 0.800 bits per heavy atom. The standard InChI is InChI=1S/C16H34O4/c1-5-9-10-11-12-13-14-15(18-6-2)16(17,19-7-3)20-8-4/h15,17H,5-14H2,1-4H3. The van der Waals surface area contributed by atoms with Crippen LogP contribution in [0, 0.1) is 0 Å². The molecule has 0 aromatic heterocycles. The van der Waals surface area contributed by atoms with Crippen molar-refractivity contribution in [3.8, 4) is 0 Å². The second-order valence-electron chi connectivity index (χ2n) is 5.00. The minimum atomic E-state index is -1.61. The van der Waals surface area contributed by atoms with Gasteiger partial charge in [0.15, 0.2) is 0 Å². The summed E-state index contributed by atoms with van der Waals surface area (Å²) in [6, 6.07) is 0. The van der Waals surface area contributed by atoms with E-state index in [1.807, 2.05) is 20.8 Å². The zero-order valence-corrected chi connectivity index (χ0v) is 13.8. The van der Waals surface area contributed by atoms with Crippen LogP contribution in [-0.2, 0) is 14.2 Å². The number of aliphatic hydroxyl groups is 1. The van der Waals surface area contributed by atoms with Gasteiger partial charge in [-0.3, -0.25) is 0 Å². The van der Waals surface area contributed by atoms with Gasteiger partial charge in [-0.25, -0.2) is 0 Å². The first-order chi connectivity index (χ1) is 9.64. The molecule has 0 aliphatic rings. The second-order valence-corrected chi connectivity index (χ2v) is 5.00. The molecule has 0 aromatic rings. The summed E-state index contributed by atoms with van der Waals surface area (Å²) in [4.78, 5) is 0. The van der Waals surface area contributed by atoms with Crippen LogP contribution in [0.3, 0.4) is 0 Å². The maximum atomic E-state index is 10.5. The predicted octanol–water partition coefficient (Wildman–Crippen LogP) is 3.86. The van der Waals surface area contributed by atoms with Crippen molar-refractivity contribution in [2.24, 2.45) is 0 Å². The van der Waals surface area contributed by atoms with Crippen molar-refractivity contribution in [2.75, 3.05) is 19.8 Å². The molecular weight excluding hydrogens is 256 g/mol. The van der Waals surface area contributed by atoms with Crippen LogP contribution in [0.2, 0.25) is 0 Å². The number of ether oxygens (including phenoxy) is 3. The molecule has 4 heteroatoms. The Morgan fingerprint density at radius 3 is 1.85 bits per heavy atom. The molecule has 0 rings (SSSR count). The molecule has 0 fully saturated rings. The largest absolute Gasteiger partial charge is 0.370 e. The first-order valence-corrected chi connectivity index (χ1v) is 8.26. The van der Waals surface area contributed by atoms with Crippen molar-refractivity contribution in [3.05, 3.63) is 0 Å². The number of hydrogen-bond acceptors (Lipinski definition) is 4. The predicted molar refractivity (Wildman–Crippen MR) is 81.6 cm³/mol. The van der Waals surface area contributed by atoms with E-state index in [-0.39, 0.29) is 0 Å². The first-order valence-electron chi connectivity index (χ1n) is 8.26. The van der Waals surface area contributed by atoms with Crippen molar-refractivity contribution in [1.82, 2.24) is 0 Å². The molecule has 0 amide bonds. The zero-order valence-electron chi connectivity index (χ0n) is 13.8. The third-order valence-corrected chi connectivity index (χ3v) is 3.30. The summed E-state index contributed by atoms with van der Waals surface area (Å²) >= 11 is 0. The molecule has 0 radical (unpaired) electrons. The van der Waals surface area contributed by atoms with Crippen LogP contribution >= 0.6 is 0 Å². The highest BCUT2D eigenvalue weighted by Gasteiger charge is 2.39. The van der Waals surface area contributed by atoms with Crippen molar-refractivity contribution in [1.29, 1.82) is 0 Å². The zero-order chi connectivity index (χ0) is 15.3. The molecule has 0 saturated heterocycles. The van der Waals surface area contributed by atoms with E-state index in [1.54, 1.807) is 0 Å². The van der Waals surface area contributed by atoms with Crippen molar-refractivity contribution >= 4 is 0 Å². The van der Waals surface area contributed by atoms with Gasteiger partial charge in [-0.1, -0.05) is 45.4 Å². The van der Waals surface area contributed by atoms with E-state index in [9.17, 15) is 5.11 Å². The first kappa shape index (κ1) is 19.8. The van der Waals surface area contributed by atoms with Gasteiger partial charge < -0.3 is 19.3 Å². The van der Waals surface area contributed by atoms with E-state index in [2.05, 4.69) is 6.92 Å². The van der Waals surface area contributed by atoms with E-state index < -0.39 is 12.1 Å². The highest BCUT2D eigenvalue weighted by atomic mass is 16.8. The maximum Gasteiger partial charge on any atom is 0.308 e. The lowest BCUT2D eigenvalue weighted by Crippen LogP contribution is -2.49. The van der Waals surface area contributed by atoms with Gasteiger partial charge in [0.25, 0.3) is 0 Å². The van der Waals surface area contributed by atoms with Gasteiger partial charge in [0.1, 0.15) is 6.10 Å². The van der Waals surface area contributed by atoms with Gasteiger partial charge in [-0.2, -0.15) is 0 Å². The molecule has 0 aromatic carbocycles.